The molecular formula is C8H12FNO5S. The molecule has 1 amide bonds. The molecule has 0 aromatic rings. The van der Waals surface area contributed by atoms with Crippen LogP contribution in [0.15, 0.2) is 0 Å². The second-order valence-corrected chi connectivity index (χ2v) is 6.07. The number of rotatable bonds is 3. The highest BCUT2D eigenvalue weighted by molar-refractivity contribution is 7.94. The Labute approximate surface area is 92.4 Å². The molecule has 0 aromatic heterocycles. The monoisotopic (exact) mass is 253 g/mol. The Morgan fingerprint density at radius 1 is 1.56 bits per heavy atom. The van der Waals surface area contributed by atoms with Crippen LogP contribution in [0.2, 0.25) is 0 Å². The Balaban J connectivity index is 2.94. The first kappa shape index (κ1) is 12.9. The number of ether oxygens (including phenoxy) is 1. The van der Waals surface area contributed by atoms with Gasteiger partial charge in [-0.15, -0.1) is 0 Å². The van der Waals surface area contributed by atoms with Gasteiger partial charge in [-0.05, 0) is 20.8 Å². The van der Waals surface area contributed by atoms with Gasteiger partial charge in [0.2, 0.25) is 0 Å². The van der Waals surface area contributed by atoms with E-state index in [-0.39, 0.29) is 10.9 Å². The van der Waals surface area contributed by atoms with E-state index in [0.717, 1.165) is 13.8 Å². The first-order chi connectivity index (χ1) is 7.17. The van der Waals surface area contributed by atoms with Crippen LogP contribution >= 0.6 is 0 Å². The van der Waals surface area contributed by atoms with Gasteiger partial charge in [0.25, 0.3) is 22.2 Å². The number of amides is 1. The molecule has 0 aliphatic carbocycles. The van der Waals surface area contributed by atoms with E-state index < -0.39 is 32.9 Å². The SMILES string of the molecule is CCOC(=O)C(F)N1C(=O)C(C)(C)S1(=O)=O. The summed E-state index contributed by atoms with van der Waals surface area (Å²) in [5.74, 6) is -2.33. The van der Waals surface area contributed by atoms with E-state index in [1.807, 2.05) is 0 Å². The summed E-state index contributed by atoms with van der Waals surface area (Å²) in [4.78, 5) is 22.3. The van der Waals surface area contributed by atoms with Crippen molar-refractivity contribution in [1.29, 1.82) is 0 Å². The van der Waals surface area contributed by atoms with Crippen LogP contribution in [0.5, 0.6) is 0 Å². The van der Waals surface area contributed by atoms with Gasteiger partial charge in [0.05, 0.1) is 6.61 Å². The lowest BCUT2D eigenvalue weighted by atomic mass is 10.2. The lowest BCUT2D eigenvalue weighted by molar-refractivity contribution is -0.160. The molecule has 1 fully saturated rings. The number of nitrogens with zero attached hydrogens (tertiary/aromatic N) is 1. The predicted molar refractivity (Wildman–Crippen MR) is 51.4 cm³/mol. The van der Waals surface area contributed by atoms with Crippen LogP contribution in [-0.4, -0.2) is 42.2 Å². The quantitative estimate of drug-likeness (QED) is 0.514. The van der Waals surface area contributed by atoms with Crippen LogP contribution in [0.1, 0.15) is 20.8 Å². The topological polar surface area (TPSA) is 80.8 Å². The minimum absolute atomic E-state index is 0.0784. The highest BCUT2D eigenvalue weighted by Crippen LogP contribution is 2.37. The molecular weight excluding hydrogens is 241 g/mol. The Morgan fingerprint density at radius 2 is 2.06 bits per heavy atom. The van der Waals surface area contributed by atoms with Crippen LogP contribution in [-0.2, 0) is 24.3 Å². The fourth-order valence-corrected chi connectivity index (χ4v) is 2.68. The zero-order valence-corrected chi connectivity index (χ0v) is 9.88. The molecule has 1 rings (SSSR count). The van der Waals surface area contributed by atoms with Gasteiger partial charge in [-0.25, -0.2) is 17.6 Å². The molecule has 92 valence electrons. The van der Waals surface area contributed by atoms with Crippen molar-refractivity contribution in [2.45, 2.75) is 31.8 Å². The number of halogens is 1. The van der Waals surface area contributed by atoms with Gasteiger partial charge >= 0.3 is 5.97 Å². The number of sulfonamides is 1. The molecule has 8 heteroatoms. The summed E-state index contributed by atoms with van der Waals surface area (Å²) >= 11 is 0. The van der Waals surface area contributed by atoms with E-state index in [1.165, 1.54) is 6.92 Å². The molecule has 0 saturated carbocycles. The largest absolute Gasteiger partial charge is 0.462 e. The number of hydrogen-bond acceptors (Lipinski definition) is 5. The van der Waals surface area contributed by atoms with Crippen molar-refractivity contribution in [3.05, 3.63) is 0 Å². The van der Waals surface area contributed by atoms with Crippen molar-refractivity contribution in [3.8, 4) is 0 Å². The molecule has 0 spiro atoms. The smallest absolute Gasteiger partial charge is 0.363 e. The standard InChI is InChI=1S/C8H12FNO5S/c1-4-15-6(11)5(9)10-7(12)8(2,3)16(10,13)14/h5H,4H2,1-3H3. The maximum absolute atomic E-state index is 13.4. The molecule has 1 aliphatic rings. The van der Waals surface area contributed by atoms with Gasteiger partial charge in [-0.3, -0.25) is 4.79 Å². The van der Waals surface area contributed by atoms with E-state index in [2.05, 4.69) is 4.74 Å². The summed E-state index contributed by atoms with van der Waals surface area (Å²) in [5.41, 5.74) is 0. The fourth-order valence-electron chi connectivity index (χ4n) is 1.22. The number of hydrogen-bond donors (Lipinski definition) is 0. The molecule has 6 nitrogen and oxygen atoms in total. The van der Waals surface area contributed by atoms with Gasteiger partial charge in [0, 0.05) is 0 Å². The Morgan fingerprint density at radius 3 is 2.44 bits per heavy atom. The molecule has 1 atom stereocenters. The average molecular weight is 253 g/mol. The van der Waals surface area contributed by atoms with Crippen molar-refractivity contribution in [3.63, 3.8) is 0 Å². The van der Waals surface area contributed by atoms with E-state index in [4.69, 9.17) is 0 Å². The second-order valence-electron chi connectivity index (χ2n) is 3.70. The molecule has 1 aliphatic heterocycles. The minimum atomic E-state index is -4.10. The third-order valence-electron chi connectivity index (χ3n) is 2.31. The van der Waals surface area contributed by atoms with Crippen LogP contribution in [0.4, 0.5) is 4.39 Å². The van der Waals surface area contributed by atoms with E-state index in [0.29, 0.717) is 0 Å². The maximum Gasteiger partial charge on any atom is 0.363 e. The van der Waals surface area contributed by atoms with Crippen LogP contribution in [0, 0.1) is 0 Å². The van der Waals surface area contributed by atoms with Crippen molar-refractivity contribution in [2.75, 3.05) is 6.61 Å². The normalized spacial score (nSPS) is 23.5. The molecule has 0 bridgehead atoms. The Hall–Kier alpha value is -1.18. The molecule has 16 heavy (non-hydrogen) atoms. The number of alkyl halides is 1. The molecule has 1 heterocycles. The van der Waals surface area contributed by atoms with E-state index >= 15 is 0 Å². The predicted octanol–water partition coefficient (Wildman–Crippen LogP) is -0.204. The minimum Gasteiger partial charge on any atom is -0.462 e. The molecule has 1 saturated heterocycles. The van der Waals surface area contributed by atoms with Crippen molar-refractivity contribution >= 4 is 21.9 Å². The zero-order valence-electron chi connectivity index (χ0n) is 9.06. The Kier molecular flexibility index (Phi) is 2.97. The zero-order chi connectivity index (χ0) is 12.7. The summed E-state index contributed by atoms with van der Waals surface area (Å²) in [6, 6.07) is 0. The van der Waals surface area contributed by atoms with Gasteiger partial charge in [-0.1, -0.05) is 0 Å². The molecule has 0 aromatic carbocycles. The van der Waals surface area contributed by atoms with Gasteiger partial charge < -0.3 is 4.74 Å². The first-order valence-corrected chi connectivity index (χ1v) is 6.01. The Bertz CT molecular complexity index is 430. The van der Waals surface area contributed by atoms with Crippen molar-refractivity contribution in [1.82, 2.24) is 4.31 Å². The van der Waals surface area contributed by atoms with Crippen molar-refractivity contribution < 1.29 is 27.1 Å². The van der Waals surface area contributed by atoms with Crippen LogP contribution in [0.25, 0.3) is 0 Å². The maximum atomic E-state index is 13.4. The fraction of sp³-hybridized carbons (Fsp3) is 0.750. The number of esters is 1. The van der Waals surface area contributed by atoms with E-state index in [1.54, 1.807) is 0 Å². The van der Waals surface area contributed by atoms with Gasteiger partial charge in [0.15, 0.2) is 4.75 Å². The highest BCUT2D eigenvalue weighted by atomic mass is 32.2. The summed E-state index contributed by atoms with van der Waals surface area (Å²) < 4.78 is 38.9. The van der Waals surface area contributed by atoms with Gasteiger partial charge in [-0.2, -0.15) is 4.31 Å². The summed E-state index contributed by atoms with van der Waals surface area (Å²) in [6.07, 6.45) is -2.59. The summed E-state index contributed by atoms with van der Waals surface area (Å²) in [7, 11) is -4.10. The summed E-state index contributed by atoms with van der Waals surface area (Å²) in [5, 5.41) is 0. The number of carbonyl (C=O) groups is 2. The number of carbonyl (C=O) groups excluding carboxylic acids is 2. The second kappa shape index (κ2) is 3.69. The van der Waals surface area contributed by atoms with Crippen molar-refractivity contribution in [2.24, 2.45) is 0 Å². The lowest BCUT2D eigenvalue weighted by Crippen LogP contribution is -2.70. The molecule has 0 N–H and O–H groups in total. The third-order valence-corrected chi connectivity index (χ3v) is 4.64. The van der Waals surface area contributed by atoms with Gasteiger partial charge in [0.1, 0.15) is 0 Å². The molecule has 0 radical (unpaired) electrons. The van der Waals surface area contributed by atoms with E-state index in [9.17, 15) is 22.4 Å². The average Bonchev–Trinajstić information content (AvgIpc) is 2.17. The van der Waals surface area contributed by atoms with Crippen LogP contribution < -0.4 is 0 Å². The van der Waals surface area contributed by atoms with Crippen LogP contribution in [0.3, 0.4) is 0 Å². The highest BCUT2D eigenvalue weighted by Gasteiger charge is 2.64. The first-order valence-electron chi connectivity index (χ1n) is 4.57. The lowest BCUT2D eigenvalue weighted by Gasteiger charge is -2.43. The summed E-state index contributed by atoms with van der Waals surface area (Å²) in [6.45, 7) is 3.66. The molecule has 1 unspecified atom stereocenters. The third kappa shape index (κ3) is 1.48.